The van der Waals surface area contributed by atoms with Crippen molar-refractivity contribution >= 4 is 17.6 Å². The molecule has 1 aliphatic rings. The highest BCUT2D eigenvalue weighted by Crippen LogP contribution is 2.46. The minimum Gasteiger partial charge on any atom is -0.496 e. The number of halogens is 1. The number of methoxy groups -OCH3 is 1. The Bertz CT molecular complexity index is 443. The molecule has 5 heteroatoms. The van der Waals surface area contributed by atoms with Crippen LogP contribution in [0.3, 0.4) is 0 Å². The average molecular weight is 271 g/mol. The molecule has 18 heavy (non-hydrogen) atoms. The Morgan fingerprint density at radius 3 is 2.83 bits per heavy atom. The van der Waals surface area contributed by atoms with Gasteiger partial charge >= 0.3 is 5.97 Å². The van der Waals surface area contributed by atoms with E-state index < -0.39 is 5.97 Å². The lowest BCUT2D eigenvalue weighted by Gasteiger charge is -2.19. The predicted molar refractivity (Wildman–Crippen MR) is 67.1 cm³/mol. The van der Waals surface area contributed by atoms with Crippen molar-refractivity contribution in [3.8, 4) is 5.75 Å². The van der Waals surface area contributed by atoms with E-state index in [1.165, 1.54) is 0 Å². The topological polar surface area (TPSA) is 55.8 Å². The standard InChI is InChI=1S/C13H15ClO4/c1-17-11-5-4-9(14)6-10(11)13(8-2-3-8)18-7-12(15)16/h4-6,8,13H,2-3,7H2,1H3,(H,15,16). The molecule has 0 aromatic heterocycles. The molecule has 2 rings (SSSR count). The van der Waals surface area contributed by atoms with Gasteiger partial charge in [0.15, 0.2) is 0 Å². The van der Waals surface area contributed by atoms with Crippen LogP contribution in [-0.4, -0.2) is 24.8 Å². The number of carbonyl (C=O) groups is 1. The lowest BCUT2D eigenvalue weighted by Crippen LogP contribution is -2.14. The Labute approximate surface area is 110 Å². The number of aliphatic carboxylic acids is 1. The van der Waals surface area contributed by atoms with Crippen LogP contribution in [0.5, 0.6) is 5.75 Å². The van der Waals surface area contributed by atoms with Crippen LogP contribution in [0.1, 0.15) is 24.5 Å². The van der Waals surface area contributed by atoms with Gasteiger partial charge in [-0.3, -0.25) is 0 Å². The molecule has 1 aromatic carbocycles. The fourth-order valence-electron chi connectivity index (χ4n) is 1.97. The number of hydrogen-bond donors (Lipinski definition) is 1. The summed E-state index contributed by atoms with van der Waals surface area (Å²) in [5, 5.41) is 9.30. The molecule has 0 spiro atoms. The van der Waals surface area contributed by atoms with Gasteiger partial charge in [-0.05, 0) is 37.0 Å². The third-order valence-electron chi connectivity index (χ3n) is 2.93. The molecule has 1 N–H and O–H groups in total. The van der Waals surface area contributed by atoms with E-state index in [1.807, 2.05) is 0 Å². The van der Waals surface area contributed by atoms with E-state index >= 15 is 0 Å². The molecule has 1 saturated carbocycles. The smallest absolute Gasteiger partial charge is 0.329 e. The first-order valence-electron chi connectivity index (χ1n) is 5.78. The first kappa shape index (κ1) is 13.2. The summed E-state index contributed by atoms with van der Waals surface area (Å²) < 4.78 is 10.8. The second kappa shape index (κ2) is 5.59. The van der Waals surface area contributed by atoms with Crippen LogP contribution in [0.25, 0.3) is 0 Å². The summed E-state index contributed by atoms with van der Waals surface area (Å²) in [4.78, 5) is 10.6. The third-order valence-corrected chi connectivity index (χ3v) is 3.17. The maximum absolute atomic E-state index is 10.6. The molecule has 0 amide bonds. The lowest BCUT2D eigenvalue weighted by molar-refractivity contribution is -0.145. The molecular weight excluding hydrogens is 256 g/mol. The van der Waals surface area contributed by atoms with Crippen molar-refractivity contribution in [3.63, 3.8) is 0 Å². The minimum atomic E-state index is -0.971. The van der Waals surface area contributed by atoms with Crippen molar-refractivity contribution in [2.75, 3.05) is 13.7 Å². The minimum absolute atomic E-state index is 0.255. The van der Waals surface area contributed by atoms with Crippen LogP contribution in [0.15, 0.2) is 18.2 Å². The zero-order valence-electron chi connectivity index (χ0n) is 10.1. The first-order valence-corrected chi connectivity index (χ1v) is 6.16. The van der Waals surface area contributed by atoms with Gasteiger partial charge in [0.2, 0.25) is 0 Å². The predicted octanol–water partition coefficient (Wildman–Crippen LogP) is 2.90. The highest BCUT2D eigenvalue weighted by atomic mass is 35.5. The van der Waals surface area contributed by atoms with Crippen molar-refractivity contribution in [1.29, 1.82) is 0 Å². The summed E-state index contributed by atoms with van der Waals surface area (Å²) in [6.07, 6.45) is 1.83. The van der Waals surface area contributed by atoms with E-state index in [0.29, 0.717) is 16.7 Å². The maximum atomic E-state index is 10.6. The maximum Gasteiger partial charge on any atom is 0.329 e. The molecule has 1 atom stereocenters. The molecule has 98 valence electrons. The highest BCUT2D eigenvalue weighted by Gasteiger charge is 2.35. The number of ether oxygens (including phenoxy) is 2. The van der Waals surface area contributed by atoms with E-state index in [2.05, 4.69) is 0 Å². The van der Waals surface area contributed by atoms with Crippen molar-refractivity contribution in [1.82, 2.24) is 0 Å². The number of benzene rings is 1. The Hall–Kier alpha value is -1.26. The van der Waals surface area contributed by atoms with Crippen LogP contribution in [0.4, 0.5) is 0 Å². The molecule has 0 radical (unpaired) electrons. The average Bonchev–Trinajstić information content (AvgIpc) is 3.14. The normalized spacial score (nSPS) is 16.3. The second-order valence-electron chi connectivity index (χ2n) is 4.35. The molecule has 0 saturated heterocycles. The number of hydrogen-bond acceptors (Lipinski definition) is 3. The van der Waals surface area contributed by atoms with Crippen molar-refractivity contribution < 1.29 is 19.4 Å². The molecule has 0 heterocycles. The Kier molecular flexibility index (Phi) is 4.09. The summed E-state index contributed by atoms with van der Waals surface area (Å²) >= 11 is 5.98. The van der Waals surface area contributed by atoms with Crippen LogP contribution in [0, 0.1) is 5.92 Å². The third kappa shape index (κ3) is 3.15. The van der Waals surface area contributed by atoms with Gasteiger partial charge in [0.05, 0.1) is 13.2 Å². The van der Waals surface area contributed by atoms with Crippen LogP contribution < -0.4 is 4.74 Å². The molecule has 1 aliphatic carbocycles. The van der Waals surface area contributed by atoms with Gasteiger partial charge in [0.25, 0.3) is 0 Å². The van der Waals surface area contributed by atoms with Crippen molar-refractivity contribution in [3.05, 3.63) is 28.8 Å². The van der Waals surface area contributed by atoms with E-state index in [-0.39, 0.29) is 12.7 Å². The molecule has 4 nitrogen and oxygen atoms in total. The van der Waals surface area contributed by atoms with Crippen LogP contribution in [-0.2, 0) is 9.53 Å². The van der Waals surface area contributed by atoms with Gasteiger partial charge in [-0.2, -0.15) is 0 Å². The SMILES string of the molecule is COc1ccc(Cl)cc1C(OCC(=O)O)C1CC1. The summed E-state index contributed by atoms with van der Waals surface area (Å²) in [6.45, 7) is -0.309. The van der Waals surface area contributed by atoms with E-state index in [4.69, 9.17) is 26.2 Å². The van der Waals surface area contributed by atoms with Crippen molar-refractivity contribution in [2.45, 2.75) is 18.9 Å². The fourth-order valence-corrected chi connectivity index (χ4v) is 2.15. The Balaban J connectivity index is 2.23. The molecule has 1 aromatic rings. The van der Waals surface area contributed by atoms with Crippen LogP contribution in [0.2, 0.25) is 5.02 Å². The summed E-state index contributed by atoms with van der Waals surface area (Å²) in [5.74, 6) is 0.0695. The van der Waals surface area contributed by atoms with Gasteiger partial charge < -0.3 is 14.6 Å². The molecule has 0 aliphatic heterocycles. The summed E-state index contributed by atoms with van der Waals surface area (Å²) in [5.41, 5.74) is 0.828. The Morgan fingerprint density at radius 1 is 1.56 bits per heavy atom. The van der Waals surface area contributed by atoms with Gasteiger partial charge in [-0.1, -0.05) is 11.6 Å². The van der Waals surface area contributed by atoms with Gasteiger partial charge in [0.1, 0.15) is 12.4 Å². The number of rotatable bonds is 6. The highest BCUT2D eigenvalue weighted by molar-refractivity contribution is 6.30. The van der Waals surface area contributed by atoms with E-state index in [1.54, 1.807) is 25.3 Å². The second-order valence-corrected chi connectivity index (χ2v) is 4.79. The first-order chi connectivity index (χ1) is 8.61. The Morgan fingerprint density at radius 2 is 2.28 bits per heavy atom. The molecular formula is C13H15ClO4. The van der Waals surface area contributed by atoms with Crippen molar-refractivity contribution in [2.24, 2.45) is 5.92 Å². The molecule has 1 fully saturated rings. The van der Waals surface area contributed by atoms with Crippen LogP contribution >= 0.6 is 11.6 Å². The molecule has 1 unspecified atom stereocenters. The number of carboxylic acid groups (broad SMARTS) is 1. The largest absolute Gasteiger partial charge is 0.496 e. The quantitative estimate of drug-likeness (QED) is 0.863. The number of carboxylic acids is 1. The van der Waals surface area contributed by atoms with E-state index in [0.717, 1.165) is 18.4 Å². The zero-order chi connectivity index (χ0) is 13.1. The van der Waals surface area contributed by atoms with E-state index in [9.17, 15) is 4.79 Å². The zero-order valence-corrected chi connectivity index (χ0v) is 10.8. The fraction of sp³-hybridized carbons (Fsp3) is 0.462. The molecule has 0 bridgehead atoms. The monoisotopic (exact) mass is 270 g/mol. The van der Waals surface area contributed by atoms with Gasteiger partial charge in [0, 0.05) is 10.6 Å². The summed E-state index contributed by atoms with van der Waals surface area (Å²) in [6, 6.07) is 5.30. The van der Waals surface area contributed by atoms with Gasteiger partial charge in [-0.25, -0.2) is 4.79 Å². The van der Waals surface area contributed by atoms with Gasteiger partial charge in [-0.15, -0.1) is 0 Å². The summed E-state index contributed by atoms with van der Waals surface area (Å²) in [7, 11) is 1.58. The lowest BCUT2D eigenvalue weighted by atomic mass is 10.0.